The summed E-state index contributed by atoms with van der Waals surface area (Å²) < 4.78 is 0. The molecule has 0 bridgehead atoms. The van der Waals surface area contributed by atoms with Gasteiger partial charge in [0.1, 0.15) is 5.84 Å². The number of nitrogens with zero attached hydrogens (tertiary/aromatic N) is 1. The highest BCUT2D eigenvalue weighted by Gasteiger charge is 2.08. The lowest BCUT2D eigenvalue weighted by Crippen LogP contribution is -2.37. The normalized spacial score (nSPS) is 16.6. The second-order valence-corrected chi connectivity index (χ2v) is 3.63. The van der Waals surface area contributed by atoms with E-state index in [4.69, 9.17) is 16.0 Å². The van der Waals surface area contributed by atoms with Crippen LogP contribution in [0.5, 0.6) is 0 Å². The maximum Gasteiger partial charge on any atom is 0.140 e. The van der Waals surface area contributed by atoms with Gasteiger partial charge < -0.3 is 21.4 Å². The van der Waals surface area contributed by atoms with Crippen LogP contribution in [0, 0.1) is 0 Å². The molecule has 5 nitrogen and oxygen atoms in total. The zero-order valence-corrected chi connectivity index (χ0v) is 8.90. The second kappa shape index (κ2) is 7.58. The largest absolute Gasteiger partial charge is 0.409 e. The van der Waals surface area contributed by atoms with E-state index >= 15 is 0 Å². The van der Waals surface area contributed by atoms with E-state index in [0.717, 1.165) is 12.8 Å². The van der Waals surface area contributed by atoms with Gasteiger partial charge in [0.25, 0.3) is 0 Å². The Balaban J connectivity index is 3.65. The zero-order chi connectivity index (χ0) is 11.0. The van der Waals surface area contributed by atoms with Crippen molar-refractivity contribution in [2.45, 2.75) is 45.2 Å². The van der Waals surface area contributed by atoms with E-state index in [1.807, 2.05) is 6.92 Å². The van der Waals surface area contributed by atoms with Crippen LogP contribution in [0.1, 0.15) is 33.1 Å². The van der Waals surface area contributed by atoms with Crippen molar-refractivity contribution >= 4 is 5.84 Å². The van der Waals surface area contributed by atoms with Crippen molar-refractivity contribution < 1.29 is 10.3 Å². The van der Waals surface area contributed by atoms with Gasteiger partial charge in [-0.25, -0.2) is 0 Å². The molecule has 14 heavy (non-hydrogen) atoms. The fraction of sp³-hybridized carbons (Fsp3) is 0.889. The van der Waals surface area contributed by atoms with Crippen LogP contribution >= 0.6 is 0 Å². The maximum atomic E-state index is 8.63. The summed E-state index contributed by atoms with van der Waals surface area (Å²) in [5.74, 6) is 0.236. The molecule has 0 saturated carbocycles. The Morgan fingerprint density at radius 2 is 2.07 bits per heavy atom. The third-order valence-corrected chi connectivity index (χ3v) is 2.01. The fourth-order valence-electron chi connectivity index (χ4n) is 1.38. The summed E-state index contributed by atoms with van der Waals surface area (Å²) >= 11 is 0. The number of nitrogens with one attached hydrogen (secondary N) is 1. The first kappa shape index (κ1) is 13.2. The molecule has 0 aromatic carbocycles. The molecule has 5 heteroatoms. The molecule has 0 aliphatic carbocycles. The highest BCUT2D eigenvalue weighted by molar-refractivity contribution is 5.80. The third-order valence-electron chi connectivity index (χ3n) is 2.01. The van der Waals surface area contributed by atoms with Gasteiger partial charge in [-0.15, -0.1) is 0 Å². The minimum absolute atomic E-state index is 0.180. The maximum absolute atomic E-state index is 8.63. The van der Waals surface area contributed by atoms with Crippen molar-refractivity contribution in [3.63, 3.8) is 0 Å². The molecular weight excluding hydrogens is 182 g/mol. The first-order valence-electron chi connectivity index (χ1n) is 4.93. The number of rotatable bonds is 7. The van der Waals surface area contributed by atoms with Crippen LogP contribution in [-0.2, 0) is 0 Å². The lowest BCUT2D eigenvalue weighted by molar-refractivity contribution is 0.274. The highest BCUT2D eigenvalue weighted by atomic mass is 16.4. The molecule has 0 fully saturated rings. The average Bonchev–Trinajstić information content (AvgIpc) is 2.14. The number of oxime groups is 1. The minimum atomic E-state index is 0.180. The Bertz CT molecular complexity index is 173. The molecule has 0 heterocycles. The van der Waals surface area contributed by atoms with E-state index in [0.29, 0.717) is 12.5 Å². The Labute approximate surface area is 85.0 Å². The number of hydrogen-bond acceptors (Lipinski definition) is 4. The van der Waals surface area contributed by atoms with Gasteiger partial charge in [-0.05, 0) is 26.7 Å². The number of nitrogens with two attached hydrogens (primary N) is 1. The molecule has 84 valence electrons. The molecule has 0 saturated heterocycles. The molecule has 0 aliphatic heterocycles. The molecule has 0 amide bonds. The van der Waals surface area contributed by atoms with E-state index in [9.17, 15) is 0 Å². The van der Waals surface area contributed by atoms with Gasteiger partial charge in [-0.3, -0.25) is 0 Å². The fourth-order valence-corrected chi connectivity index (χ4v) is 1.38. The van der Waals surface area contributed by atoms with Crippen LogP contribution in [0.2, 0.25) is 0 Å². The molecule has 0 aromatic rings. The standard InChI is InChI=1S/C9H21N3O2/c1-7(4-3-5-13)11-8(2)6-9(10)12-14/h7-8,11,13-14H,3-6H2,1-2H3,(H2,10,12). The lowest BCUT2D eigenvalue weighted by Gasteiger charge is -2.19. The van der Waals surface area contributed by atoms with Crippen LogP contribution in [-0.4, -0.2) is 34.8 Å². The van der Waals surface area contributed by atoms with Crippen molar-refractivity contribution in [3.05, 3.63) is 0 Å². The SMILES string of the molecule is CC(CCCO)NC(C)CC(N)=NO. The number of amidine groups is 1. The number of hydrogen-bond donors (Lipinski definition) is 4. The Kier molecular flexibility index (Phi) is 7.14. The quantitative estimate of drug-likeness (QED) is 0.207. The Morgan fingerprint density at radius 3 is 2.57 bits per heavy atom. The first-order valence-corrected chi connectivity index (χ1v) is 4.93. The lowest BCUT2D eigenvalue weighted by atomic mass is 10.1. The first-order chi connectivity index (χ1) is 6.60. The summed E-state index contributed by atoms with van der Waals surface area (Å²) in [5, 5.41) is 23.2. The minimum Gasteiger partial charge on any atom is -0.409 e. The molecule has 0 spiro atoms. The number of aliphatic hydroxyl groups is 1. The van der Waals surface area contributed by atoms with E-state index < -0.39 is 0 Å². The van der Waals surface area contributed by atoms with E-state index in [1.54, 1.807) is 0 Å². The van der Waals surface area contributed by atoms with Crippen LogP contribution < -0.4 is 11.1 Å². The Morgan fingerprint density at radius 1 is 1.43 bits per heavy atom. The smallest absolute Gasteiger partial charge is 0.140 e. The molecule has 2 unspecified atom stereocenters. The summed E-state index contributed by atoms with van der Waals surface area (Å²) in [5.41, 5.74) is 5.37. The average molecular weight is 203 g/mol. The van der Waals surface area contributed by atoms with Crippen molar-refractivity contribution in [1.29, 1.82) is 0 Å². The van der Waals surface area contributed by atoms with Gasteiger partial charge in [0, 0.05) is 25.1 Å². The summed E-state index contributed by atoms with van der Waals surface area (Å²) in [7, 11) is 0. The van der Waals surface area contributed by atoms with Gasteiger partial charge >= 0.3 is 0 Å². The van der Waals surface area contributed by atoms with E-state index in [2.05, 4.69) is 17.4 Å². The van der Waals surface area contributed by atoms with Crippen LogP contribution in [0.15, 0.2) is 5.16 Å². The molecule has 0 rings (SSSR count). The van der Waals surface area contributed by atoms with Crippen LogP contribution in [0.4, 0.5) is 0 Å². The topological polar surface area (TPSA) is 90.9 Å². The highest BCUT2D eigenvalue weighted by Crippen LogP contribution is 1.99. The van der Waals surface area contributed by atoms with Crippen LogP contribution in [0.25, 0.3) is 0 Å². The van der Waals surface area contributed by atoms with Crippen molar-refractivity contribution in [3.8, 4) is 0 Å². The molecule has 0 aliphatic rings. The monoisotopic (exact) mass is 203 g/mol. The van der Waals surface area contributed by atoms with Gasteiger partial charge in [0.05, 0.1) is 0 Å². The summed E-state index contributed by atoms with van der Waals surface area (Å²) in [6, 6.07) is 0.517. The predicted molar refractivity (Wildman–Crippen MR) is 56.4 cm³/mol. The van der Waals surface area contributed by atoms with E-state index in [1.165, 1.54) is 0 Å². The zero-order valence-electron chi connectivity index (χ0n) is 8.90. The third kappa shape index (κ3) is 6.68. The summed E-state index contributed by atoms with van der Waals surface area (Å²) in [6.45, 7) is 4.26. The van der Waals surface area contributed by atoms with Gasteiger partial charge in [-0.1, -0.05) is 5.16 Å². The molecule has 5 N–H and O–H groups in total. The predicted octanol–water partition coefficient (Wildman–Crippen LogP) is 0.262. The van der Waals surface area contributed by atoms with E-state index in [-0.39, 0.29) is 18.5 Å². The second-order valence-electron chi connectivity index (χ2n) is 3.63. The van der Waals surface area contributed by atoms with Crippen molar-refractivity contribution in [1.82, 2.24) is 5.32 Å². The Hall–Kier alpha value is -0.810. The summed E-state index contributed by atoms with van der Waals surface area (Å²) in [6.07, 6.45) is 2.25. The van der Waals surface area contributed by atoms with Gasteiger partial charge in [0.2, 0.25) is 0 Å². The molecule has 0 aromatic heterocycles. The van der Waals surface area contributed by atoms with Crippen molar-refractivity contribution in [2.75, 3.05) is 6.61 Å². The van der Waals surface area contributed by atoms with Crippen molar-refractivity contribution in [2.24, 2.45) is 10.9 Å². The molecule has 0 radical (unpaired) electrons. The van der Waals surface area contributed by atoms with Crippen LogP contribution in [0.3, 0.4) is 0 Å². The van der Waals surface area contributed by atoms with Gasteiger partial charge in [0.15, 0.2) is 0 Å². The van der Waals surface area contributed by atoms with Gasteiger partial charge in [-0.2, -0.15) is 0 Å². The summed E-state index contributed by atoms with van der Waals surface area (Å²) in [4.78, 5) is 0. The number of aliphatic hydroxyl groups excluding tert-OH is 1. The molecular formula is C9H21N3O2. The molecule has 2 atom stereocenters.